The third-order valence-electron chi connectivity index (χ3n) is 5.29. The Kier molecular flexibility index (Phi) is 14.8. The zero-order valence-electron chi connectivity index (χ0n) is 25.0. The Morgan fingerprint density at radius 3 is 1.09 bits per heavy atom. The van der Waals surface area contributed by atoms with Crippen LogP contribution in [-0.2, 0) is 47.7 Å². The van der Waals surface area contributed by atoms with Gasteiger partial charge < -0.3 is 29.6 Å². The summed E-state index contributed by atoms with van der Waals surface area (Å²) >= 11 is 10.3. The molecule has 0 aliphatic heterocycles. The molecule has 0 radical (unpaired) electrons. The van der Waals surface area contributed by atoms with Crippen LogP contribution in [0.5, 0.6) is 0 Å². The van der Waals surface area contributed by atoms with E-state index < -0.39 is 60.1 Å². The van der Waals surface area contributed by atoms with Gasteiger partial charge in [-0.2, -0.15) is 0 Å². The summed E-state index contributed by atoms with van der Waals surface area (Å²) in [5.41, 5.74) is 10.3. The van der Waals surface area contributed by atoms with Crippen LogP contribution in [-0.4, -0.2) is 70.3 Å². The summed E-state index contributed by atoms with van der Waals surface area (Å²) in [6.07, 6.45) is -8.27. The first-order valence-electron chi connectivity index (χ1n) is 13.3. The van der Waals surface area contributed by atoms with Crippen LogP contribution in [0, 0.1) is 0 Å². The predicted molar refractivity (Wildman–Crippen MR) is 170 cm³/mol. The standard InChI is InChI=1S/C28H32N6O10S2/c1-15(35)41-21(23(43-17(3)37)25(39)31-33-27(45)29-19-11-7-5-8-12-19)22(42-16(2)36)24(44-18(4)38)26(40)32-34-28(46)30-20-13-9-6-10-14-20/h5-14,21-24H,1-4H3,(H,31,39)(H,32,40)(H2,29,33,45)(H2,30,34,46). The van der Waals surface area contributed by atoms with Crippen LogP contribution in [0.2, 0.25) is 0 Å². The number of thiocarbonyl (C=S) groups is 2. The van der Waals surface area contributed by atoms with Gasteiger partial charge in [-0.25, -0.2) is 0 Å². The SMILES string of the molecule is CC(=O)OC(C(=O)NNC(=S)Nc1ccccc1)C(OC(C)=O)C(OC(C)=O)C(OC(C)=O)C(=O)NNC(=S)Nc1ccccc1. The van der Waals surface area contributed by atoms with Gasteiger partial charge in [-0.15, -0.1) is 0 Å². The Balaban J connectivity index is 2.37. The molecule has 0 bridgehead atoms. The van der Waals surface area contributed by atoms with Crippen LogP contribution in [0.15, 0.2) is 60.7 Å². The zero-order valence-corrected chi connectivity index (χ0v) is 26.6. The summed E-state index contributed by atoms with van der Waals surface area (Å²) in [5.74, 6) is -6.48. The van der Waals surface area contributed by atoms with Gasteiger partial charge in [0.2, 0.25) is 12.2 Å². The molecule has 2 amide bonds. The van der Waals surface area contributed by atoms with Crippen molar-refractivity contribution in [3.63, 3.8) is 0 Å². The highest BCUT2D eigenvalue weighted by Crippen LogP contribution is 2.20. The number of hydrazine groups is 2. The minimum absolute atomic E-state index is 0.0926. The maximum absolute atomic E-state index is 13.3. The third-order valence-corrected chi connectivity index (χ3v) is 5.70. The van der Waals surface area contributed by atoms with E-state index >= 15 is 0 Å². The molecule has 0 heterocycles. The molecule has 0 aliphatic carbocycles. The number of para-hydroxylation sites is 2. The molecule has 4 atom stereocenters. The van der Waals surface area contributed by atoms with Gasteiger partial charge in [0.05, 0.1) is 0 Å². The summed E-state index contributed by atoms with van der Waals surface area (Å²) < 4.78 is 20.8. The van der Waals surface area contributed by atoms with Crippen molar-refractivity contribution in [2.24, 2.45) is 0 Å². The van der Waals surface area contributed by atoms with E-state index in [0.717, 1.165) is 27.7 Å². The smallest absolute Gasteiger partial charge is 0.303 e. The normalized spacial score (nSPS) is 12.7. The highest BCUT2D eigenvalue weighted by molar-refractivity contribution is 7.80. The highest BCUT2D eigenvalue weighted by atomic mass is 32.1. The van der Waals surface area contributed by atoms with E-state index in [-0.39, 0.29) is 10.2 Å². The summed E-state index contributed by atoms with van der Waals surface area (Å²) in [5, 5.41) is 5.40. The predicted octanol–water partition coefficient (Wildman–Crippen LogP) is 0.749. The molecule has 2 aromatic carbocycles. The number of ether oxygens (including phenoxy) is 4. The van der Waals surface area contributed by atoms with Crippen molar-refractivity contribution in [3.05, 3.63) is 60.7 Å². The van der Waals surface area contributed by atoms with E-state index in [9.17, 15) is 28.8 Å². The minimum Gasteiger partial charge on any atom is -0.454 e. The van der Waals surface area contributed by atoms with Crippen LogP contribution in [0.1, 0.15) is 27.7 Å². The number of rotatable bonds is 11. The number of hydrogen-bond acceptors (Lipinski definition) is 12. The topological polar surface area (TPSA) is 212 Å². The van der Waals surface area contributed by atoms with Gasteiger partial charge in [0.15, 0.2) is 22.4 Å². The molecule has 2 aromatic rings. The van der Waals surface area contributed by atoms with Gasteiger partial charge >= 0.3 is 23.9 Å². The van der Waals surface area contributed by atoms with E-state index in [1.54, 1.807) is 60.7 Å². The molecule has 46 heavy (non-hydrogen) atoms. The molecule has 0 spiro atoms. The lowest BCUT2D eigenvalue weighted by molar-refractivity contribution is -0.200. The number of benzene rings is 2. The average molecular weight is 677 g/mol. The number of esters is 4. The van der Waals surface area contributed by atoms with Crippen molar-refractivity contribution in [1.29, 1.82) is 0 Å². The van der Waals surface area contributed by atoms with Crippen LogP contribution in [0.4, 0.5) is 11.4 Å². The summed E-state index contributed by atoms with van der Waals surface area (Å²) in [6.45, 7) is 3.77. The summed E-state index contributed by atoms with van der Waals surface area (Å²) in [4.78, 5) is 75.2. The molecule has 6 N–H and O–H groups in total. The monoisotopic (exact) mass is 676 g/mol. The molecule has 0 fully saturated rings. The number of anilines is 2. The second kappa shape index (κ2) is 18.4. The first-order valence-corrected chi connectivity index (χ1v) is 14.1. The average Bonchev–Trinajstić information content (AvgIpc) is 2.98. The Hall–Kier alpha value is -5.36. The van der Waals surface area contributed by atoms with Gasteiger partial charge in [0.25, 0.3) is 11.8 Å². The van der Waals surface area contributed by atoms with E-state index in [2.05, 4.69) is 32.3 Å². The van der Waals surface area contributed by atoms with Crippen molar-refractivity contribution in [3.8, 4) is 0 Å². The van der Waals surface area contributed by atoms with Crippen molar-refractivity contribution in [1.82, 2.24) is 21.7 Å². The van der Waals surface area contributed by atoms with E-state index in [0.29, 0.717) is 11.4 Å². The largest absolute Gasteiger partial charge is 0.454 e. The van der Waals surface area contributed by atoms with Crippen molar-refractivity contribution in [2.45, 2.75) is 52.1 Å². The lowest BCUT2D eigenvalue weighted by Crippen LogP contribution is -2.61. The number of nitrogens with one attached hydrogen (secondary N) is 6. The Morgan fingerprint density at radius 1 is 0.500 bits per heavy atom. The fourth-order valence-electron chi connectivity index (χ4n) is 3.63. The molecule has 2 rings (SSSR count). The molecule has 246 valence electrons. The molecular weight excluding hydrogens is 644 g/mol. The van der Waals surface area contributed by atoms with Crippen LogP contribution in [0.25, 0.3) is 0 Å². The fraction of sp³-hybridized carbons (Fsp3) is 0.286. The summed E-state index contributed by atoms with van der Waals surface area (Å²) in [6, 6.07) is 17.3. The first kappa shape index (κ1) is 36.8. The molecule has 0 saturated carbocycles. The van der Waals surface area contributed by atoms with Crippen molar-refractivity contribution >= 4 is 81.7 Å². The Bertz CT molecular complexity index is 1320. The lowest BCUT2D eigenvalue weighted by Gasteiger charge is -2.34. The highest BCUT2D eigenvalue weighted by Gasteiger charge is 2.49. The van der Waals surface area contributed by atoms with Crippen LogP contribution in [0.3, 0.4) is 0 Å². The van der Waals surface area contributed by atoms with Crippen molar-refractivity contribution in [2.75, 3.05) is 10.6 Å². The van der Waals surface area contributed by atoms with E-state index in [4.69, 9.17) is 43.4 Å². The molecule has 4 unspecified atom stereocenters. The first-order chi connectivity index (χ1) is 21.8. The summed E-state index contributed by atoms with van der Waals surface area (Å²) in [7, 11) is 0. The van der Waals surface area contributed by atoms with Crippen LogP contribution >= 0.6 is 24.4 Å². The van der Waals surface area contributed by atoms with Gasteiger partial charge in [-0.05, 0) is 48.7 Å². The molecule has 0 aromatic heterocycles. The van der Waals surface area contributed by atoms with Gasteiger partial charge in [0, 0.05) is 39.1 Å². The number of hydrogen-bond donors (Lipinski definition) is 6. The van der Waals surface area contributed by atoms with Gasteiger partial charge in [-0.1, -0.05) is 36.4 Å². The minimum atomic E-state index is -2.09. The molecule has 18 heteroatoms. The molecule has 16 nitrogen and oxygen atoms in total. The van der Waals surface area contributed by atoms with Gasteiger partial charge in [-0.3, -0.25) is 50.5 Å². The Labute approximate surface area is 274 Å². The van der Waals surface area contributed by atoms with Gasteiger partial charge in [0.1, 0.15) is 0 Å². The molecule has 0 saturated heterocycles. The van der Waals surface area contributed by atoms with Crippen molar-refractivity contribution < 1.29 is 47.7 Å². The zero-order chi connectivity index (χ0) is 34.2. The Morgan fingerprint density at radius 2 is 0.804 bits per heavy atom. The van der Waals surface area contributed by atoms with Crippen LogP contribution < -0.4 is 32.3 Å². The lowest BCUT2D eigenvalue weighted by atomic mass is 10.0. The number of amides is 2. The maximum Gasteiger partial charge on any atom is 0.303 e. The fourth-order valence-corrected chi connectivity index (χ4v) is 3.97. The second-order valence-corrected chi connectivity index (χ2v) is 9.89. The number of carbonyl (C=O) groups is 6. The third kappa shape index (κ3) is 13.1. The molecule has 0 aliphatic rings. The molecular formula is C28H32N6O10S2. The maximum atomic E-state index is 13.3. The quantitative estimate of drug-likeness (QED) is 0.0839. The second-order valence-electron chi connectivity index (χ2n) is 9.08. The van der Waals surface area contributed by atoms with E-state index in [1.807, 2.05) is 0 Å². The number of carbonyl (C=O) groups excluding carboxylic acids is 6. The van der Waals surface area contributed by atoms with E-state index in [1.165, 1.54) is 0 Å².